The van der Waals surface area contributed by atoms with Crippen molar-refractivity contribution >= 4 is 5.97 Å². The summed E-state index contributed by atoms with van der Waals surface area (Å²) < 4.78 is 16.3. The van der Waals surface area contributed by atoms with Gasteiger partial charge >= 0.3 is 5.97 Å². The Morgan fingerprint density at radius 3 is 2.58 bits per heavy atom. The second-order valence-corrected chi connectivity index (χ2v) is 6.50. The number of carbonyl (C=O) groups is 1. The number of unbranched alkanes of at least 4 members (excludes halogenated alkanes) is 6. The molecule has 3 atom stereocenters. The lowest BCUT2D eigenvalue weighted by molar-refractivity contribution is -0.154. The van der Waals surface area contributed by atoms with Crippen LogP contribution >= 0.6 is 0 Å². The summed E-state index contributed by atoms with van der Waals surface area (Å²) in [5, 5.41) is 19.1. The van der Waals surface area contributed by atoms with Crippen molar-refractivity contribution < 1.29 is 29.2 Å². The quantitative estimate of drug-likeness (QED) is 0.378. The van der Waals surface area contributed by atoms with Crippen molar-refractivity contribution in [1.82, 2.24) is 0 Å². The molecule has 24 heavy (non-hydrogen) atoms. The van der Waals surface area contributed by atoms with Crippen LogP contribution < -0.4 is 0 Å². The molecule has 6 heteroatoms. The number of aliphatic hydroxyl groups excluding tert-OH is 2. The van der Waals surface area contributed by atoms with E-state index in [2.05, 4.69) is 6.92 Å². The standard InChI is InChI=1S/C18H28O6/c1-3-4-5-6-7-8-9-10-11-18(2)22-12-13(24-18)16-14(19)15(20)17(21)23-16/h10-11,13,16,19-20H,3-9,12H2,1-2H3/b11-10+/t13-,16+,18?/m0/s1. The van der Waals surface area contributed by atoms with Gasteiger partial charge in [-0.05, 0) is 25.8 Å². The molecule has 2 aliphatic heterocycles. The molecular formula is C18H28O6. The maximum absolute atomic E-state index is 11.3. The summed E-state index contributed by atoms with van der Waals surface area (Å²) in [6.07, 6.45) is 10.7. The number of hydrogen-bond donors (Lipinski definition) is 2. The molecular weight excluding hydrogens is 312 g/mol. The van der Waals surface area contributed by atoms with E-state index in [1.54, 1.807) is 6.92 Å². The minimum Gasteiger partial charge on any atom is -0.505 e. The van der Waals surface area contributed by atoms with Gasteiger partial charge < -0.3 is 24.4 Å². The van der Waals surface area contributed by atoms with E-state index in [1.807, 2.05) is 12.2 Å². The molecule has 0 aromatic rings. The predicted octanol–water partition coefficient (Wildman–Crippen LogP) is 3.68. The highest BCUT2D eigenvalue weighted by Gasteiger charge is 2.47. The molecule has 0 bridgehead atoms. The molecule has 1 fully saturated rings. The van der Waals surface area contributed by atoms with E-state index >= 15 is 0 Å². The van der Waals surface area contributed by atoms with Crippen LogP contribution in [0.1, 0.15) is 58.8 Å². The molecule has 0 spiro atoms. The smallest absolute Gasteiger partial charge is 0.377 e. The number of ether oxygens (including phenoxy) is 3. The summed E-state index contributed by atoms with van der Waals surface area (Å²) in [6, 6.07) is 0. The molecule has 0 saturated carbocycles. The summed E-state index contributed by atoms with van der Waals surface area (Å²) >= 11 is 0. The zero-order valence-electron chi connectivity index (χ0n) is 14.5. The normalized spacial score (nSPS) is 30.5. The first-order valence-corrected chi connectivity index (χ1v) is 8.79. The molecule has 0 aromatic heterocycles. The van der Waals surface area contributed by atoms with E-state index in [0.29, 0.717) is 0 Å². The van der Waals surface area contributed by atoms with E-state index in [9.17, 15) is 15.0 Å². The number of cyclic esters (lactones) is 1. The topological polar surface area (TPSA) is 85.2 Å². The van der Waals surface area contributed by atoms with Crippen molar-refractivity contribution in [3.05, 3.63) is 23.7 Å². The summed E-state index contributed by atoms with van der Waals surface area (Å²) in [5.41, 5.74) is 0. The molecule has 1 saturated heterocycles. The number of aliphatic hydroxyl groups is 2. The molecule has 136 valence electrons. The number of esters is 1. The lowest BCUT2D eigenvalue weighted by Gasteiger charge is -2.21. The monoisotopic (exact) mass is 340 g/mol. The molecule has 2 heterocycles. The van der Waals surface area contributed by atoms with Crippen LogP contribution in [-0.4, -0.2) is 40.8 Å². The summed E-state index contributed by atoms with van der Waals surface area (Å²) in [5.74, 6) is -3.09. The van der Waals surface area contributed by atoms with Gasteiger partial charge in [-0.1, -0.05) is 45.1 Å². The van der Waals surface area contributed by atoms with E-state index in [-0.39, 0.29) is 6.61 Å². The average Bonchev–Trinajstić information content (AvgIpc) is 3.06. The summed E-state index contributed by atoms with van der Waals surface area (Å²) in [7, 11) is 0. The molecule has 0 aliphatic carbocycles. The van der Waals surface area contributed by atoms with Crippen molar-refractivity contribution in [1.29, 1.82) is 0 Å². The van der Waals surface area contributed by atoms with Gasteiger partial charge in [-0.15, -0.1) is 0 Å². The Labute approximate surface area is 143 Å². The third-order valence-electron chi connectivity index (χ3n) is 4.34. The van der Waals surface area contributed by atoms with Crippen LogP contribution in [0.2, 0.25) is 0 Å². The first-order chi connectivity index (χ1) is 11.5. The third kappa shape index (κ3) is 4.74. The van der Waals surface area contributed by atoms with Gasteiger partial charge in [0.25, 0.3) is 0 Å². The first-order valence-electron chi connectivity index (χ1n) is 8.79. The van der Waals surface area contributed by atoms with Crippen LogP contribution in [0, 0.1) is 0 Å². The van der Waals surface area contributed by atoms with Gasteiger partial charge in [-0.2, -0.15) is 0 Å². The van der Waals surface area contributed by atoms with Crippen LogP contribution in [0.15, 0.2) is 23.7 Å². The van der Waals surface area contributed by atoms with E-state index in [1.165, 1.54) is 32.1 Å². The highest BCUT2D eigenvalue weighted by atomic mass is 16.8. The third-order valence-corrected chi connectivity index (χ3v) is 4.34. The molecule has 0 radical (unpaired) electrons. The Kier molecular flexibility index (Phi) is 6.69. The van der Waals surface area contributed by atoms with Gasteiger partial charge in [0, 0.05) is 0 Å². The van der Waals surface area contributed by atoms with Crippen molar-refractivity contribution in [2.75, 3.05) is 6.61 Å². The fourth-order valence-corrected chi connectivity index (χ4v) is 2.91. The van der Waals surface area contributed by atoms with Gasteiger partial charge in [-0.25, -0.2) is 4.79 Å². The van der Waals surface area contributed by atoms with Gasteiger partial charge in [0.15, 0.2) is 17.7 Å². The van der Waals surface area contributed by atoms with E-state index < -0.39 is 35.5 Å². The molecule has 1 unspecified atom stereocenters. The maximum Gasteiger partial charge on any atom is 0.377 e. The van der Waals surface area contributed by atoms with Gasteiger partial charge in [0.1, 0.15) is 6.10 Å². The van der Waals surface area contributed by atoms with E-state index in [4.69, 9.17) is 14.2 Å². The first kappa shape index (κ1) is 18.8. The fraction of sp³-hybridized carbons (Fsp3) is 0.722. The van der Waals surface area contributed by atoms with Crippen molar-refractivity contribution in [2.45, 2.75) is 76.8 Å². The van der Waals surface area contributed by atoms with Gasteiger partial charge in [-0.3, -0.25) is 0 Å². The second kappa shape index (κ2) is 8.53. The number of allylic oxidation sites excluding steroid dienone is 1. The van der Waals surface area contributed by atoms with Crippen LogP contribution in [0.25, 0.3) is 0 Å². The van der Waals surface area contributed by atoms with Gasteiger partial charge in [0.2, 0.25) is 5.76 Å². The molecule has 2 N–H and O–H groups in total. The van der Waals surface area contributed by atoms with Crippen molar-refractivity contribution in [2.24, 2.45) is 0 Å². The summed E-state index contributed by atoms with van der Waals surface area (Å²) in [6.45, 7) is 4.16. The summed E-state index contributed by atoms with van der Waals surface area (Å²) in [4.78, 5) is 11.3. The van der Waals surface area contributed by atoms with Crippen molar-refractivity contribution in [3.8, 4) is 0 Å². The zero-order chi connectivity index (χ0) is 17.6. The number of carbonyl (C=O) groups excluding carboxylic acids is 1. The lowest BCUT2D eigenvalue weighted by Crippen LogP contribution is -2.33. The Hall–Kier alpha value is -1.53. The second-order valence-electron chi connectivity index (χ2n) is 6.50. The predicted molar refractivity (Wildman–Crippen MR) is 88.5 cm³/mol. The molecule has 2 aliphatic rings. The molecule has 0 aromatic carbocycles. The molecule has 2 rings (SSSR count). The average molecular weight is 340 g/mol. The maximum atomic E-state index is 11.3. The Morgan fingerprint density at radius 2 is 1.92 bits per heavy atom. The zero-order valence-corrected chi connectivity index (χ0v) is 14.5. The number of rotatable bonds is 9. The minimum absolute atomic E-state index is 0.174. The Balaban J connectivity index is 1.73. The van der Waals surface area contributed by atoms with E-state index in [0.717, 1.165) is 12.8 Å². The molecule has 6 nitrogen and oxygen atoms in total. The van der Waals surface area contributed by atoms with Crippen molar-refractivity contribution in [3.63, 3.8) is 0 Å². The molecule has 0 amide bonds. The number of hydrogen-bond acceptors (Lipinski definition) is 6. The Bertz CT molecular complexity index is 498. The fourth-order valence-electron chi connectivity index (χ4n) is 2.91. The highest BCUT2D eigenvalue weighted by Crippen LogP contribution is 2.32. The van der Waals surface area contributed by atoms with Crippen LogP contribution in [0.5, 0.6) is 0 Å². The lowest BCUT2D eigenvalue weighted by atomic mass is 10.1. The van der Waals surface area contributed by atoms with Crippen LogP contribution in [-0.2, 0) is 19.0 Å². The Morgan fingerprint density at radius 1 is 1.21 bits per heavy atom. The largest absolute Gasteiger partial charge is 0.505 e. The minimum atomic E-state index is -1.01. The highest BCUT2D eigenvalue weighted by molar-refractivity contribution is 5.89. The SMILES string of the molecule is CCCCCCCC/C=C/C1(C)OC[C@@H]([C@H]2OC(=O)C(O)=C2O)O1. The van der Waals surface area contributed by atoms with Crippen LogP contribution in [0.3, 0.4) is 0 Å². The van der Waals surface area contributed by atoms with Crippen LogP contribution in [0.4, 0.5) is 0 Å². The van der Waals surface area contributed by atoms with Gasteiger partial charge in [0.05, 0.1) is 6.61 Å².